The van der Waals surface area contributed by atoms with E-state index < -0.39 is 23.9 Å². The average molecular weight is 442 g/mol. The van der Waals surface area contributed by atoms with E-state index in [1.54, 1.807) is 18.2 Å². The zero-order valence-corrected chi connectivity index (χ0v) is 17.9. The molecule has 1 fully saturated rings. The minimum atomic E-state index is -0.998. The van der Waals surface area contributed by atoms with Gasteiger partial charge in [0.15, 0.2) is 12.1 Å². The summed E-state index contributed by atoms with van der Waals surface area (Å²) in [7, 11) is 1.47. The third-order valence-electron chi connectivity index (χ3n) is 5.44. The number of carbonyl (C=O) groups excluding carboxylic acids is 3. The van der Waals surface area contributed by atoms with Crippen molar-refractivity contribution in [3.63, 3.8) is 0 Å². The molecule has 0 bridgehead atoms. The van der Waals surface area contributed by atoms with Gasteiger partial charge < -0.3 is 10.1 Å². The van der Waals surface area contributed by atoms with Gasteiger partial charge in [-0.05, 0) is 49.2 Å². The van der Waals surface area contributed by atoms with Crippen LogP contribution in [-0.2, 0) is 14.4 Å². The van der Waals surface area contributed by atoms with E-state index in [0.717, 1.165) is 16.0 Å². The fourth-order valence-electron chi connectivity index (χ4n) is 3.63. The van der Waals surface area contributed by atoms with Crippen molar-refractivity contribution < 1.29 is 19.1 Å². The maximum Gasteiger partial charge on any atom is 0.263 e. The van der Waals surface area contributed by atoms with Gasteiger partial charge in [0.05, 0.1) is 17.8 Å². The molecule has 0 aliphatic carbocycles. The number of rotatable bonds is 5. The first kappa shape index (κ1) is 20.8. The van der Waals surface area contributed by atoms with Crippen molar-refractivity contribution in [3.05, 3.63) is 52.5 Å². The molecule has 2 aromatic carbocycles. The lowest BCUT2D eigenvalue weighted by atomic mass is 10.1. The van der Waals surface area contributed by atoms with Gasteiger partial charge in [-0.25, -0.2) is 4.90 Å². The zero-order valence-electron chi connectivity index (χ0n) is 17.1. The number of halogens is 1. The summed E-state index contributed by atoms with van der Waals surface area (Å²) in [6, 6.07) is 8.24. The Hall–Kier alpha value is -3.46. The molecule has 9 nitrogen and oxygen atoms in total. The fourth-order valence-corrected chi connectivity index (χ4v) is 3.88. The second-order valence-electron chi connectivity index (χ2n) is 7.32. The normalized spacial score (nSPS) is 19.7. The molecule has 0 aromatic heterocycles. The number of fused-ring (bicyclic) bond motifs is 1. The number of nitrogens with zero attached hydrogens (tertiary/aromatic N) is 4. The lowest BCUT2D eigenvalue weighted by Gasteiger charge is -2.21. The molecule has 0 spiro atoms. The van der Waals surface area contributed by atoms with Crippen LogP contribution in [-0.4, -0.2) is 48.5 Å². The number of carbonyl (C=O) groups is 3. The van der Waals surface area contributed by atoms with Gasteiger partial charge in [-0.2, -0.15) is 5.11 Å². The molecule has 0 saturated carbocycles. The minimum Gasteiger partial charge on any atom is -0.495 e. The summed E-state index contributed by atoms with van der Waals surface area (Å²) < 4.78 is 5.11. The van der Waals surface area contributed by atoms with E-state index in [9.17, 15) is 14.4 Å². The largest absolute Gasteiger partial charge is 0.495 e. The van der Waals surface area contributed by atoms with E-state index in [-0.39, 0.29) is 17.5 Å². The Morgan fingerprint density at radius 3 is 2.68 bits per heavy atom. The minimum absolute atomic E-state index is 0.214. The number of ether oxygens (including phenoxy) is 1. The van der Waals surface area contributed by atoms with Gasteiger partial charge in [0, 0.05) is 5.69 Å². The second kappa shape index (κ2) is 7.99. The quantitative estimate of drug-likeness (QED) is 0.718. The van der Waals surface area contributed by atoms with Crippen LogP contribution in [0.15, 0.2) is 46.7 Å². The maximum atomic E-state index is 13.0. The molecule has 2 atom stereocenters. The van der Waals surface area contributed by atoms with Crippen LogP contribution in [0.5, 0.6) is 5.75 Å². The number of hydrogen-bond donors (Lipinski definition) is 1. The number of benzene rings is 2. The highest BCUT2D eigenvalue weighted by Crippen LogP contribution is 2.35. The first-order chi connectivity index (χ1) is 14.8. The van der Waals surface area contributed by atoms with E-state index in [4.69, 9.17) is 16.3 Å². The molecule has 2 aliphatic heterocycles. The molecule has 2 aromatic rings. The first-order valence-corrected chi connectivity index (χ1v) is 9.94. The molecule has 1 N–H and O–H groups in total. The Labute approximate surface area is 183 Å². The molecule has 4 rings (SSSR count). The van der Waals surface area contributed by atoms with E-state index in [1.807, 2.05) is 26.0 Å². The van der Waals surface area contributed by atoms with Gasteiger partial charge in [0.2, 0.25) is 5.91 Å². The van der Waals surface area contributed by atoms with E-state index in [0.29, 0.717) is 17.1 Å². The molecule has 31 heavy (non-hydrogen) atoms. The number of hydrogen-bond acceptors (Lipinski definition) is 7. The standard InChI is InChI=1S/C21H20ClN5O4/c1-11-5-4-6-15(12(11)2)23-17(28)10-26-19-18(24-25-26)20(29)27(21(19)30)13-7-8-16(31-3)14(22)9-13/h4-9,18-19H,10H2,1-3H3,(H,23,28)/t18-,19-/m1/s1. The van der Waals surface area contributed by atoms with Gasteiger partial charge in [-0.1, -0.05) is 29.0 Å². The van der Waals surface area contributed by atoms with Crippen molar-refractivity contribution in [2.75, 3.05) is 23.9 Å². The predicted molar refractivity (Wildman–Crippen MR) is 114 cm³/mol. The summed E-state index contributed by atoms with van der Waals surface area (Å²) in [6.07, 6.45) is 0. The highest BCUT2D eigenvalue weighted by molar-refractivity contribution is 6.33. The van der Waals surface area contributed by atoms with E-state index in [2.05, 4.69) is 15.7 Å². The van der Waals surface area contributed by atoms with Crippen LogP contribution in [0.3, 0.4) is 0 Å². The highest BCUT2D eigenvalue weighted by atomic mass is 35.5. The van der Waals surface area contributed by atoms with E-state index >= 15 is 0 Å². The van der Waals surface area contributed by atoms with Gasteiger partial charge in [0.1, 0.15) is 12.3 Å². The van der Waals surface area contributed by atoms with Crippen LogP contribution in [0.2, 0.25) is 5.02 Å². The number of imide groups is 1. The lowest BCUT2D eigenvalue weighted by Crippen LogP contribution is -2.43. The topological polar surface area (TPSA) is 104 Å². The molecule has 2 heterocycles. The van der Waals surface area contributed by atoms with Crippen molar-refractivity contribution in [1.29, 1.82) is 0 Å². The smallest absolute Gasteiger partial charge is 0.263 e. The number of methoxy groups -OCH3 is 1. The van der Waals surface area contributed by atoms with Gasteiger partial charge >= 0.3 is 0 Å². The summed E-state index contributed by atoms with van der Waals surface area (Å²) in [4.78, 5) is 39.5. The SMILES string of the molecule is COc1ccc(N2C(=O)[C@@H]3N=NN(CC(=O)Nc4cccc(C)c4C)[C@H]3C2=O)cc1Cl. The summed E-state index contributed by atoms with van der Waals surface area (Å²) >= 11 is 6.14. The molecular formula is C21H20ClN5O4. The van der Waals surface area contributed by atoms with Crippen LogP contribution in [0.25, 0.3) is 0 Å². The zero-order chi connectivity index (χ0) is 22.3. The Morgan fingerprint density at radius 1 is 1.19 bits per heavy atom. The highest BCUT2D eigenvalue weighted by Gasteiger charge is 2.55. The Kier molecular flexibility index (Phi) is 5.36. The monoisotopic (exact) mass is 441 g/mol. The lowest BCUT2D eigenvalue weighted by molar-refractivity contribution is -0.123. The van der Waals surface area contributed by atoms with Crippen molar-refractivity contribution in [2.45, 2.75) is 25.9 Å². The number of anilines is 2. The average Bonchev–Trinajstić information content (AvgIpc) is 3.25. The Balaban J connectivity index is 1.51. The summed E-state index contributed by atoms with van der Waals surface area (Å²) in [5, 5.41) is 12.2. The van der Waals surface area contributed by atoms with Crippen LogP contribution < -0.4 is 15.0 Å². The van der Waals surface area contributed by atoms with Gasteiger partial charge in [-0.15, -0.1) is 0 Å². The first-order valence-electron chi connectivity index (χ1n) is 9.56. The fraction of sp³-hybridized carbons (Fsp3) is 0.286. The summed E-state index contributed by atoms with van der Waals surface area (Å²) in [5.74, 6) is -0.966. The third-order valence-corrected chi connectivity index (χ3v) is 5.73. The van der Waals surface area contributed by atoms with Crippen LogP contribution in [0, 0.1) is 13.8 Å². The predicted octanol–water partition coefficient (Wildman–Crippen LogP) is 2.90. The van der Waals surface area contributed by atoms with Crippen molar-refractivity contribution >= 4 is 40.7 Å². The number of amides is 3. The van der Waals surface area contributed by atoms with Crippen molar-refractivity contribution in [1.82, 2.24) is 5.01 Å². The molecule has 160 valence electrons. The van der Waals surface area contributed by atoms with Gasteiger partial charge in [-0.3, -0.25) is 19.4 Å². The molecular weight excluding hydrogens is 422 g/mol. The maximum absolute atomic E-state index is 13.0. The molecule has 0 unspecified atom stereocenters. The van der Waals surface area contributed by atoms with Crippen molar-refractivity contribution in [3.8, 4) is 5.75 Å². The number of nitrogens with one attached hydrogen (secondary N) is 1. The third kappa shape index (κ3) is 3.61. The van der Waals surface area contributed by atoms with Crippen LogP contribution in [0.1, 0.15) is 11.1 Å². The Morgan fingerprint density at radius 2 is 1.97 bits per heavy atom. The van der Waals surface area contributed by atoms with Crippen LogP contribution >= 0.6 is 11.6 Å². The van der Waals surface area contributed by atoms with Crippen molar-refractivity contribution in [2.24, 2.45) is 10.3 Å². The van der Waals surface area contributed by atoms with E-state index in [1.165, 1.54) is 18.2 Å². The second-order valence-corrected chi connectivity index (χ2v) is 7.73. The van der Waals surface area contributed by atoms with Crippen LogP contribution in [0.4, 0.5) is 11.4 Å². The Bertz CT molecular complexity index is 1120. The molecule has 10 heteroatoms. The molecule has 3 amide bonds. The molecule has 0 radical (unpaired) electrons. The van der Waals surface area contributed by atoms with Gasteiger partial charge in [0.25, 0.3) is 11.8 Å². The number of aryl methyl sites for hydroxylation is 1. The summed E-state index contributed by atoms with van der Waals surface area (Å²) in [5.41, 5.74) is 2.99. The molecule has 2 aliphatic rings. The summed E-state index contributed by atoms with van der Waals surface area (Å²) in [6.45, 7) is 3.65. The molecule has 1 saturated heterocycles.